The first-order valence-electron chi connectivity index (χ1n) is 14.7. The van der Waals surface area contributed by atoms with Gasteiger partial charge in [-0.1, -0.05) is 96.8 Å². The van der Waals surface area contributed by atoms with Gasteiger partial charge in [-0.05, 0) is 45.2 Å². The highest BCUT2D eigenvalue weighted by Gasteiger charge is 2.24. The minimum atomic E-state index is -0.783. The molecule has 0 aliphatic heterocycles. The molecule has 0 bridgehead atoms. The molecule has 0 unspecified atom stereocenters. The Morgan fingerprint density at radius 1 is 0.583 bits per heavy atom. The van der Waals surface area contributed by atoms with E-state index in [1.165, 1.54) is 77.0 Å². The largest absolute Gasteiger partial charge is 0.368 e. The molecule has 0 radical (unpaired) electrons. The molecule has 8 heteroatoms. The molecule has 3 amide bonds. The molecule has 0 rings (SSSR count). The molecule has 0 spiro atoms. The highest BCUT2D eigenvalue weighted by Crippen LogP contribution is 2.14. The van der Waals surface area contributed by atoms with Crippen LogP contribution in [-0.4, -0.2) is 42.9 Å². The summed E-state index contributed by atoms with van der Waals surface area (Å²) in [5.74, 6) is -1.13. The number of primary amides is 1. The third-order valence-electron chi connectivity index (χ3n) is 6.71. The summed E-state index contributed by atoms with van der Waals surface area (Å²) in [7, 11) is 0. The molecule has 0 aromatic carbocycles. The first kappa shape index (κ1) is 34.3. The average molecular weight is 512 g/mol. The van der Waals surface area contributed by atoms with Gasteiger partial charge in [-0.2, -0.15) is 0 Å². The van der Waals surface area contributed by atoms with Crippen LogP contribution in [-0.2, 0) is 14.4 Å². The van der Waals surface area contributed by atoms with Crippen molar-refractivity contribution in [1.82, 2.24) is 10.6 Å². The number of carbonyl (C=O) groups excluding carboxylic acids is 3. The number of hydrogen-bond donors (Lipinski definition) is 5. The van der Waals surface area contributed by atoms with Crippen molar-refractivity contribution in [2.24, 2.45) is 17.2 Å². The van der Waals surface area contributed by atoms with Crippen LogP contribution in [0.1, 0.15) is 135 Å². The zero-order chi connectivity index (χ0) is 26.9. The summed E-state index contributed by atoms with van der Waals surface area (Å²) < 4.78 is 0. The number of amides is 3. The summed E-state index contributed by atoms with van der Waals surface area (Å²) in [6.45, 7) is 3.09. The lowest BCUT2D eigenvalue weighted by Crippen LogP contribution is -2.53. The summed E-state index contributed by atoms with van der Waals surface area (Å²) in [5, 5.41) is 5.48. The second-order valence-corrected chi connectivity index (χ2v) is 10.1. The maximum absolute atomic E-state index is 12.7. The predicted octanol–water partition coefficient (Wildman–Crippen LogP) is 4.18. The van der Waals surface area contributed by atoms with Gasteiger partial charge in [0.15, 0.2) is 0 Å². The van der Waals surface area contributed by atoms with E-state index in [9.17, 15) is 14.4 Å². The first-order valence-corrected chi connectivity index (χ1v) is 14.7. The van der Waals surface area contributed by atoms with Gasteiger partial charge in [0.05, 0.1) is 0 Å². The predicted molar refractivity (Wildman–Crippen MR) is 149 cm³/mol. The van der Waals surface area contributed by atoms with Crippen molar-refractivity contribution >= 4 is 17.7 Å². The molecule has 0 saturated carbocycles. The molecule has 0 aromatic rings. The standard InChI is InChI=1S/C28H57N5O3/c1-2-3-4-5-6-7-8-9-10-11-12-13-14-15-16-21-26(34)32-25(20-18-23-30)28(36)33-24(27(31)35)19-17-22-29/h24-25H,2-23,29-30H2,1H3,(H2,31,35)(H,32,34)(H,33,36)/t24-,25-/m0/s1. The Labute approximate surface area is 220 Å². The fourth-order valence-corrected chi connectivity index (χ4v) is 4.39. The van der Waals surface area contributed by atoms with Gasteiger partial charge in [-0.3, -0.25) is 14.4 Å². The van der Waals surface area contributed by atoms with Crippen molar-refractivity contribution in [3.8, 4) is 0 Å². The Kier molecular flexibility index (Phi) is 23.8. The molecule has 8 N–H and O–H groups in total. The summed E-state index contributed by atoms with van der Waals surface area (Å²) >= 11 is 0. The average Bonchev–Trinajstić information content (AvgIpc) is 2.86. The van der Waals surface area contributed by atoms with Gasteiger partial charge in [0.1, 0.15) is 12.1 Å². The van der Waals surface area contributed by atoms with Crippen LogP contribution in [0.4, 0.5) is 0 Å². The number of carbonyl (C=O) groups is 3. The Morgan fingerprint density at radius 2 is 1.00 bits per heavy atom. The van der Waals surface area contributed by atoms with Gasteiger partial charge in [-0.15, -0.1) is 0 Å². The monoisotopic (exact) mass is 511 g/mol. The topological polar surface area (TPSA) is 153 Å². The van der Waals surface area contributed by atoms with E-state index in [4.69, 9.17) is 17.2 Å². The van der Waals surface area contributed by atoms with Crippen LogP contribution < -0.4 is 27.8 Å². The molecular formula is C28H57N5O3. The van der Waals surface area contributed by atoms with E-state index >= 15 is 0 Å². The van der Waals surface area contributed by atoms with Gasteiger partial charge in [0, 0.05) is 6.42 Å². The second kappa shape index (κ2) is 25.0. The molecule has 0 aliphatic rings. The molecule has 212 valence electrons. The summed E-state index contributed by atoms with van der Waals surface area (Å²) in [5.41, 5.74) is 16.5. The van der Waals surface area contributed by atoms with Gasteiger partial charge in [-0.25, -0.2) is 0 Å². The lowest BCUT2D eigenvalue weighted by Gasteiger charge is -2.22. The third-order valence-corrected chi connectivity index (χ3v) is 6.71. The molecule has 36 heavy (non-hydrogen) atoms. The Balaban J connectivity index is 3.97. The number of nitrogens with two attached hydrogens (primary N) is 3. The second-order valence-electron chi connectivity index (χ2n) is 10.1. The first-order chi connectivity index (χ1) is 17.5. The van der Waals surface area contributed by atoms with E-state index in [0.717, 1.165) is 19.3 Å². The van der Waals surface area contributed by atoms with E-state index in [0.29, 0.717) is 45.2 Å². The molecular weight excluding hydrogens is 454 g/mol. The van der Waals surface area contributed by atoms with Crippen molar-refractivity contribution < 1.29 is 14.4 Å². The summed E-state index contributed by atoms with van der Waals surface area (Å²) in [6, 6.07) is -1.49. The van der Waals surface area contributed by atoms with Crippen LogP contribution in [0.25, 0.3) is 0 Å². The fraction of sp³-hybridized carbons (Fsp3) is 0.893. The third kappa shape index (κ3) is 20.5. The van der Waals surface area contributed by atoms with Gasteiger partial charge >= 0.3 is 0 Å². The van der Waals surface area contributed by atoms with E-state index < -0.39 is 23.9 Å². The van der Waals surface area contributed by atoms with E-state index in [-0.39, 0.29) is 5.91 Å². The lowest BCUT2D eigenvalue weighted by molar-refractivity contribution is -0.131. The molecule has 0 fully saturated rings. The van der Waals surface area contributed by atoms with Crippen LogP contribution in [0.5, 0.6) is 0 Å². The number of nitrogens with one attached hydrogen (secondary N) is 2. The van der Waals surface area contributed by atoms with Gasteiger partial charge in [0.2, 0.25) is 17.7 Å². The minimum absolute atomic E-state index is 0.139. The van der Waals surface area contributed by atoms with Crippen LogP contribution >= 0.6 is 0 Å². The minimum Gasteiger partial charge on any atom is -0.368 e. The molecule has 0 saturated heterocycles. The SMILES string of the molecule is CCCCCCCCCCCCCCCCCC(=O)N[C@@H](CCCN)C(=O)N[C@@H](CCCN)C(N)=O. The number of unbranched alkanes of at least 4 members (excludes halogenated alkanes) is 14. The van der Waals surface area contributed by atoms with E-state index in [1.54, 1.807) is 0 Å². The van der Waals surface area contributed by atoms with Crippen molar-refractivity contribution in [2.75, 3.05) is 13.1 Å². The van der Waals surface area contributed by atoms with Crippen molar-refractivity contribution in [3.63, 3.8) is 0 Å². The van der Waals surface area contributed by atoms with Gasteiger partial charge in [0.25, 0.3) is 0 Å². The molecule has 8 nitrogen and oxygen atoms in total. The summed E-state index contributed by atoms with van der Waals surface area (Å²) in [4.78, 5) is 36.7. The van der Waals surface area contributed by atoms with Crippen LogP contribution in [0.15, 0.2) is 0 Å². The fourth-order valence-electron chi connectivity index (χ4n) is 4.39. The molecule has 0 aromatic heterocycles. The maximum Gasteiger partial charge on any atom is 0.243 e. The quantitative estimate of drug-likeness (QED) is 0.110. The molecule has 0 aliphatic carbocycles. The van der Waals surface area contributed by atoms with Gasteiger partial charge < -0.3 is 27.8 Å². The smallest absolute Gasteiger partial charge is 0.243 e. The van der Waals surface area contributed by atoms with Crippen LogP contribution in [0.2, 0.25) is 0 Å². The maximum atomic E-state index is 12.7. The molecule has 0 heterocycles. The normalized spacial score (nSPS) is 12.8. The highest BCUT2D eigenvalue weighted by molar-refractivity contribution is 5.91. The lowest BCUT2D eigenvalue weighted by atomic mass is 10.0. The Hall–Kier alpha value is -1.67. The van der Waals surface area contributed by atoms with Crippen LogP contribution in [0, 0.1) is 0 Å². The Morgan fingerprint density at radius 3 is 1.42 bits per heavy atom. The zero-order valence-corrected chi connectivity index (χ0v) is 23.2. The van der Waals surface area contributed by atoms with E-state index in [2.05, 4.69) is 17.6 Å². The van der Waals surface area contributed by atoms with Crippen molar-refractivity contribution in [2.45, 2.75) is 147 Å². The molecule has 2 atom stereocenters. The van der Waals surface area contributed by atoms with Crippen molar-refractivity contribution in [1.29, 1.82) is 0 Å². The highest BCUT2D eigenvalue weighted by atomic mass is 16.2. The number of hydrogen-bond acceptors (Lipinski definition) is 5. The van der Waals surface area contributed by atoms with E-state index in [1.807, 2.05) is 0 Å². The van der Waals surface area contributed by atoms with Crippen molar-refractivity contribution in [3.05, 3.63) is 0 Å². The van der Waals surface area contributed by atoms with Crippen LogP contribution in [0.3, 0.4) is 0 Å². The summed E-state index contributed by atoms with van der Waals surface area (Å²) in [6.07, 6.45) is 21.5. The zero-order valence-electron chi connectivity index (χ0n) is 23.2. The number of rotatable bonds is 26. The Bertz CT molecular complexity index is 559.